The molecule has 4 nitrogen and oxygen atoms in total. The topological polar surface area (TPSA) is 41.1 Å². The fourth-order valence-corrected chi connectivity index (χ4v) is 2.59. The molecule has 18 heavy (non-hydrogen) atoms. The SMILES string of the molecule is COc1ccc2c(c1)CC(C)N2Cc1c[nH]cn1. The van der Waals surface area contributed by atoms with Gasteiger partial charge in [-0.25, -0.2) is 4.98 Å². The van der Waals surface area contributed by atoms with Crippen LogP contribution in [0.25, 0.3) is 0 Å². The normalized spacial score (nSPS) is 17.9. The summed E-state index contributed by atoms with van der Waals surface area (Å²) < 4.78 is 5.28. The quantitative estimate of drug-likeness (QED) is 0.899. The molecule has 1 aliphatic rings. The fraction of sp³-hybridized carbons (Fsp3) is 0.357. The van der Waals surface area contributed by atoms with Crippen molar-refractivity contribution in [2.24, 2.45) is 0 Å². The van der Waals surface area contributed by atoms with Gasteiger partial charge in [-0.15, -0.1) is 0 Å². The van der Waals surface area contributed by atoms with Gasteiger partial charge >= 0.3 is 0 Å². The van der Waals surface area contributed by atoms with Crippen LogP contribution in [0.1, 0.15) is 18.2 Å². The molecule has 0 saturated carbocycles. The number of ether oxygens (including phenoxy) is 1. The molecule has 0 fully saturated rings. The third kappa shape index (κ3) is 1.83. The largest absolute Gasteiger partial charge is 0.497 e. The van der Waals surface area contributed by atoms with E-state index < -0.39 is 0 Å². The zero-order chi connectivity index (χ0) is 12.5. The highest BCUT2D eigenvalue weighted by Gasteiger charge is 2.26. The van der Waals surface area contributed by atoms with Gasteiger partial charge in [-0.3, -0.25) is 0 Å². The Kier molecular flexibility index (Phi) is 2.70. The molecule has 1 unspecified atom stereocenters. The molecule has 1 aromatic carbocycles. The van der Waals surface area contributed by atoms with Crippen molar-refractivity contribution in [2.45, 2.75) is 25.9 Å². The molecule has 1 atom stereocenters. The highest BCUT2D eigenvalue weighted by molar-refractivity contribution is 5.61. The number of hydrogen-bond donors (Lipinski definition) is 1. The highest BCUT2D eigenvalue weighted by atomic mass is 16.5. The molecule has 0 amide bonds. The number of H-pyrrole nitrogens is 1. The number of imidazole rings is 1. The van der Waals surface area contributed by atoms with Crippen LogP contribution in [0.2, 0.25) is 0 Å². The maximum absolute atomic E-state index is 5.28. The number of aromatic amines is 1. The van der Waals surface area contributed by atoms with Crippen LogP contribution in [0.5, 0.6) is 5.75 Å². The average molecular weight is 243 g/mol. The number of anilines is 1. The van der Waals surface area contributed by atoms with E-state index in [9.17, 15) is 0 Å². The van der Waals surface area contributed by atoms with E-state index in [0.29, 0.717) is 6.04 Å². The van der Waals surface area contributed by atoms with Gasteiger partial charge in [0.15, 0.2) is 0 Å². The smallest absolute Gasteiger partial charge is 0.119 e. The van der Waals surface area contributed by atoms with Gasteiger partial charge < -0.3 is 14.6 Å². The van der Waals surface area contributed by atoms with E-state index in [1.54, 1.807) is 13.4 Å². The van der Waals surface area contributed by atoms with Gasteiger partial charge in [-0.2, -0.15) is 0 Å². The first-order chi connectivity index (χ1) is 8.78. The van der Waals surface area contributed by atoms with Gasteiger partial charge in [-0.1, -0.05) is 0 Å². The highest BCUT2D eigenvalue weighted by Crippen LogP contribution is 2.35. The predicted octanol–water partition coefficient (Wildman–Crippen LogP) is 2.37. The van der Waals surface area contributed by atoms with Crippen LogP contribution in [0.3, 0.4) is 0 Å². The Bertz CT molecular complexity index is 536. The van der Waals surface area contributed by atoms with E-state index in [1.165, 1.54) is 11.3 Å². The van der Waals surface area contributed by atoms with Crippen LogP contribution < -0.4 is 9.64 Å². The molecule has 2 heterocycles. The Balaban J connectivity index is 1.89. The average Bonchev–Trinajstić information content (AvgIpc) is 2.98. The van der Waals surface area contributed by atoms with Gasteiger partial charge in [-0.05, 0) is 37.1 Å². The number of rotatable bonds is 3. The second-order valence-corrected chi connectivity index (χ2v) is 4.74. The number of aromatic nitrogens is 2. The predicted molar refractivity (Wildman–Crippen MR) is 70.9 cm³/mol. The van der Waals surface area contributed by atoms with Crippen molar-refractivity contribution in [1.29, 1.82) is 0 Å². The molecule has 0 spiro atoms. The molecule has 4 heteroatoms. The van der Waals surface area contributed by atoms with Crippen molar-refractivity contribution in [3.63, 3.8) is 0 Å². The van der Waals surface area contributed by atoms with E-state index >= 15 is 0 Å². The van der Waals surface area contributed by atoms with E-state index in [2.05, 4.69) is 33.9 Å². The van der Waals surface area contributed by atoms with Crippen LogP contribution in [-0.2, 0) is 13.0 Å². The lowest BCUT2D eigenvalue weighted by molar-refractivity contribution is 0.414. The van der Waals surface area contributed by atoms with E-state index in [-0.39, 0.29) is 0 Å². The molecule has 0 bridgehead atoms. The van der Waals surface area contributed by atoms with Crippen molar-refractivity contribution in [2.75, 3.05) is 12.0 Å². The first-order valence-corrected chi connectivity index (χ1v) is 6.19. The van der Waals surface area contributed by atoms with Gasteiger partial charge in [0.2, 0.25) is 0 Å². The number of nitrogens with zero attached hydrogens (tertiary/aromatic N) is 2. The Labute approximate surface area is 107 Å². The van der Waals surface area contributed by atoms with Gasteiger partial charge in [0.05, 0.1) is 25.7 Å². The molecule has 3 rings (SSSR count). The summed E-state index contributed by atoms with van der Waals surface area (Å²) in [4.78, 5) is 9.70. The summed E-state index contributed by atoms with van der Waals surface area (Å²) in [6, 6.07) is 6.80. The minimum absolute atomic E-state index is 0.504. The van der Waals surface area contributed by atoms with Crippen LogP contribution in [0, 0.1) is 0 Å². The molecule has 1 aliphatic heterocycles. The summed E-state index contributed by atoms with van der Waals surface area (Å²) in [5.74, 6) is 0.933. The van der Waals surface area contributed by atoms with Crippen molar-refractivity contribution >= 4 is 5.69 Å². The minimum Gasteiger partial charge on any atom is -0.497 e. The zero-order valence-corrected chi connectivity index (χ0v) is 10.7. The van der Waals surface area contributed by atoms with Crippen molar-refractivity contribution in [3.05, 3.63) is 42.0 Å². The first kappa shape index (κ1) is 11.1. The van der Waals surface area contributed by atoms with Gasteiger partial charge in [0.1, 0.15) is 5.75 Å². The lowest BCUT2D eigenvalue weighted by atomic mass is 10.1. The van der Waals surface area contributed by atoms with E-state index in [4.69, 9.17) is 4.74 Å². The Morgan fingerprint density at radius 2 is 2.39 bits per heavy atom. The van der Waals surface area contributed by atoms with Crippen molar-refractivity contribution in [3.8, 4) is 5.75 Å². The van der Waals surface area contributed by atoms with E-state index in [0.717, 1.165) is 24.4 Å². The maximum atomic E-state index is 5.28. The summed E-state index contributed by atoms with van der Waals surface area (Å²) in [6.07, 6.45) is 4.75. The number of methoxy groups -OCH3 is 1. The summed E-state index contributed by atoms with van der Waals surface area (Å²) in [5.41, 5.74) is 3.73. The fourth-order valence-electron chi connectivity index (χ4n) is 2.59. The maximum Gasteiger partial charge on any atom is 0.119 e. The molecular formula is C14H17N3O. The summed E-state index contributed by atoms with van der Waals surface area (Å²) >= 11 is 0. The molecule has 1 aromatic heterocycles. The van der Waals surface area contributed by atoms with Gasteiger partial charge in [0, 0.05) is 17.9 Å². The van der Waals surface area contributed by atoms with Crippen LogP contribution in [0.4, 0.5) is 5.69 Å². The molecule has 0 aliphatic carbocycles. The number of nitrogens with one attached hydrogen (secondary N) is 1. The van der Waals surface area contributed by atoms with Crippen molar-refractivity contribution < 1.29 is 4.74 Å². The second kappa shape index (κ2) is 4.37. The Morgan fingerprint density at radius 3 is 3.11 bits per heavy atom. The standard InChI is InChI=1S/C14H17N3O/c1-10-5-11-6-13(18-2)3-4-14(11)17(10)8-12-7-15-9-16-12/h3-4,6-7,9-10H,5,8H2,1-2H3,(H,15,16). The molecular weight excluding hydrogens is 226 g/mol. The Hall–Kier alpha value is -1.97. The second-order valence-electron chi connectivity index (χ2n) is 4.74. The summed E-state index contributed by atoms with van der Waals surface area (Å²) in [7, 11) is 1.71. The lowest BCUT2D eigenvalue weighted by Crippen LogP contribution is -2.28. The molecule has 2 aromatic rings. The van der Waals surface area contributed by atoms with Crippen molar-refractivity contribution in [1.82, 2.24) is 9.97 Å². The molecule has 0 radical (unpaired) electrons. The third-order valence-electron chi connectivity index (χ3n) is 3.53. The number of benzene rings is 1. The lowest BCUT2D eigenvalue weighted by Gasteiger charge is -2.23. The third-order valence-corrected chi connectivity index (χ3v) is 3.53. The number of hydrogen-bond acceptors (Lipinski definition) is 3. The Morgan fingerprint density at radius 1 is 1.50 bits per heavy atom. The van der Waals surface area contributed by atoms with Crippen LogP contribution in [-0.4, -0.2) is 23.1 Å². The molecule has 94 valence electrons. The number of fused-ring (bicyclic) bond motifs is 1. The summed E-state index contributed by atoms with van der Waals surface area (Å²) in [6.45, 7) is 3.10. The van der Waals surface area contributed by atoms with E-state index in [1.807, 2.05) is 12.3 Å². The summed E-state index contributed by atoms with van der Waals surface area (Å²) in [5, 5.41) is 0. The van der Waals surface area contributed by atoms with Gasteiger partial charge in [0.25, 0.3) is 0 Å². The molecule has 0 saturated heterocycles. The zero-order valence-electron chi connectivity index (χ0n) is 10.7. The molecule has 1 N–H and O–H groups in total. The monoisotopic (exact) mass is 243 g/mol. The minimum atomic E-state index is 0.504. The first-order valence-electron chi connectivity index (χ1n) is 6.19. The van der Waals surface area contributed by atoms with Crippen LogP contribution >= 0.6 is 0 Å². The van der Waals surface area contributed by atoms with Crippen LogP contribution in [0.15, 0.2) is 30.7 Å².